The molecule has 0 radical (unpaired) electrons. The third kappa shape index (κ3) is 4.94. The second-order valence-corrected chi connectivity index (χ2v) is 11.0. The number of fused-ring (bicyclic) bond motifs is 1. The van der Waals surface area contributed by atoms with Crippen LogP contribution in [0.4, 0.5) is 0 Å². The van der Waals surface area contributed by atoms with Crippen LogP contribution >= 0.6 is 0 Å². The molecule has 0 saturated carbocycles. The van der Waals surface area contributed by atoms with E-state index in [0.29, 0.717) is 5.69 Å². The Morgan fingerprint density at radius 3 is 2.61 bits per heavy atom. The fraction of sp³-hybridized carbons (Fsp3) is 0.565. The van der Waals surface area contributed by atoms with Crippen LogP contribution < -0.4 is 0 Å². The van der Waals surface area contributed by atoms with E-state index in [9.17, 15) is 5.11 Å². The quantitative estimate of drug-likeness (QED) is 0.436. The minimum absolute atomic E-state index is 0.0976. The number of rotatable bonds is 7. The van der Waals surface area contributed by atoms with Crippen LogP contribution in [0.3, 0.4) is 0 Å². The summed E-state index contributed by atoms with van der Waals surface area (Å²) in [5.74, 6) is -0.640. The summed E-state index contributed by atoms with van der Waals surface area (Å²) in [7, 11) is 1.62. The second-order valence-electron chi connectivity index (χ2n) is 8.78. The van der Waals surface area contributed by atoms with Gasteiger partial charge in [0.25, 0.3) is 0 Å². The summed E-state index contributed by atoms with van der Waals surface area (Å²) < 4.78 is 31.4. The van der Waals surface area contributed by atoms with E-state index >= 15 is 0 Å². The summed E-state index contributed by atoms with van der Waals surface area (Å²) in [5, 5.41) is 20.5. The van der Waals surface area contributed by atoms with Gasteiger partial charge in [-0.3, -0.25) is 0 Å². The number of aliphatic hydroxyl groups is 1. The summed E-state index contributed by atoms with van der Waals surface area (Å²) in [4.78, 5) is 0. The molecule has 2 aromatic rings. The van der Waals surface area contributed by atoms with Gasteiger partial charge in [0.1, 0.15) is 0 Å². The van der Waals surface area contributed by atoms with Crippen molar-refractivity contribution in [3.05, 3.63) is 54.4 Å². The summed E-state index contributed by atoms with van der Waals surface area (Å²) >= 11 is 0.164. The molecular formula is C23H29N3O6Se. The molecule has 3 aliphatic rings. The van der Waals surface area contributed by atoms with Crippen LogP contribution in [0.2, 0.25) is 10.6 Å². The molecular weight excluding hydrogens is 493 g/mol. The number of hydrogen-bond acceptors (Lipinski definition) is 8. The molecule has 5 rings (SSSR count). The third-order valence-electron chi connectivity index (χ3n) is 5.91. The normalized spacial score (nSPS) is 35.1. The molecule has 0 spiro atoms. The van der Waals surface area contributed by atoms with Crippen molar-refractivity contribution in [2.75, 3.05) is 7.11 Å². The maximum atomic E-state index is 10.5. The monoisotopic (exact) mass is 523 g/mol. The Bertz CT molecular complexity index is 970. The standard InChI is InChI=1S/C23H29N3O6Se/c1-23(2)31-20-19(30-22(28-3)21(20)32-23)13-33-12-18-16(27)9-10-17(29-18)15-11-26(25-24-15)14-7-5-4-6-8-14/h4-11,16-22,27H,12-13H2,1-3H3/t16-,17-,18+,19+,20+,21+,22+/m0/s1. The number of methoxy groups -OCH3 is 1. The molecule has 0 unspecified atom stereocenters. The van der Waals surface area contributed by atoms with E-state index in [-0.39, 0.29) is 45.5 Å². The number of ether oxygens (including phenoxy) is 5. The first kappa shape index (κ1) is 23.1. The summed E-state index contributed by atoms with van der Waals surface area (Å²) in [5.41, 5.74) is 1.64. The zero-order valence-corrected chi connectivity index (χ0v) is 20.5. The number of aliphatic hydroxyl groups excluding tert-OH is 1. The van der Waals surface area contributed by atoms with Crippen molar-refractivity contribution in [3.63, 3.8) is 0 Å². The number of aromatic nitrogens is 3. The Morgan fingerprint density at radius 1 is 1.06 bits per heavy atom. The van der Waals surface area contributed by atoms with Gasteiger partial charge in [-0.2, -0.15) is 0 Å². The Balaban J connectivity index is 1.17. The molecule has 2 saturated heterocycles. The molecule has 1 N–H and O–H groups in total. The molecule has 10 heteroatoms. The Morgan fingerprint density at radius 2 is 1.82 bits per heavy atom. The van der Waals surface area contributed by atoms with Gasteiger partial charge in [0, 0.05) is 0 Å². The molecule has 1 aromatic carbocycles. The molecule has 9 nitrogen and oxygen atoms in total. The van der Waals surface area contributed by atoms with Crippen LogP contribution in [0.25, 0.3) is 5.69 Å². The molecule has 2 fully saturated rings. The molecule has 4 heterocycles. The first-order valence-electron chi connectivity index (χ1n) is 11.0. The Kier molecular flexibility index (Phi) is 6.70. The molecule has 0 aliphatic carbocycles. The van der Waals surface area contributed by atoms with Crippen LogP contribution in [-0.4, -0.2) is 84.8 Å². The first-order chi connectivity index (χ1) is 15.9. The average Bonchev–Trinajstić information content (AvgIpc) is 3.50. The summed E-state index contributed by atoms with van der Waals surface area (Å²) in [6.07, 6.45) is 3.30. The fourth-order valence-corrected chi connectivity index (χ4v) is 6.74. The first-order valence-corrected chi connectivity index (χ1v) is 13.5. The van der Waals surface area contributed by atoms with Gasteiger partial charge in [0.2, 0.25) is 0 Å². The van der Waals surface area contributed by atoms with Gasteiger partial charge in [-0.05, 0) is 0 Å². The number of para-hydroxylation sites is 1. The van der Waals surface area contributed by atoms with Gasteiger partial charge in [0.05, 0.1) is 0 Å². The van der Waals surface area contributed by atoms with Gasteiger partial charge < -0.3 is 0 Å². The molecule has 0 bridgehead atoms. The molecule has 33 heavy (non-hydrogen) atoms. The van der Waals surface area contributed by atoms with Gasteiger partial charge in [0.15, 0.2) is 0 Å². The van der Waals surface area contributed by atoms with Gasteiger partial charge in [-0.15, -0.1) is 0 Å². The second kappa shape index (κ2) is 9.56. The zero-order valence-electron chi connectivity index (χ0n) is 18.8. The molecule has 3 aliphatic heterocycles. The van der Waals surface area contributed by atoms with Crippen LogP contribution in [0.1, 0.15) is 25.6 Å². The summed E-state index contributed by atoms with van der Waals surface area (Å²) in [6, 6.07) is 9.80. The molecule has 7 atom stereocenters. The van der Waals surface area contributed by atoms with E-state index in [1.807, 2.05) is 56.5 Å². The summed E-state index contributed by atoms with van der Waals surface area (Å²) in [6.45, 7) is 3.82. The van der Waals surface area contributed by atoms with Crippen LogP contribution in [0.15, 0.2) is 48.7 Å². The van der Waals surface area contributed by atoms with Crippen molar-refractivity contribution < 1.29 is 28.8 Å². The van der Waals surface area contributed by atoms with E-state index in [2.05, 4.69) is 10.3 Å². The van der Waals surface area contributed by atoms with Crippen molar-refractivity contribution >= 4 is 15.0 Å². The number of hydrogen-bond donors (Lipinski definition) is 1. The van der Waals surface area contributed by atoms with Crippen LogP contribution in [-0.2, 0) is 23.7 Å². The predicted molar refractivity (Wildman–Crippen MR) is 119 cm³/mol. The van der Waals surface area contributed by atoms with E-state index in [0.717, 1.165) is 16.3 Å². The number of benzene rings is 1. The van der Waals surface area contributed by atoms with Gasteiger partial charge in [-0.25, -0.2) is 0 Å². The maximum absolute atomic E-state index is 10.5. The van der Waals surface area contributed by atoms with E-state index in [4.69, 9.17) is 23.7 Å². The Hall–Kier alpha value is -1.62. The topological polar surface area (TPSA) is 97.1 Å². The number of nitrogens with zero attached hydrogens (tertiary/aromatic N) is 3. The van der Waals surface area contributed by atoms with Crippen molar-refractivity contribution in [2.24, 2.45) is 0 Å². The van der Waals surface area contributed by atoms with E-state index < -0.39 is 18.2 Å². The van der Waals surface area contributed by atoms with Crippen molar-refractivity contribution in [2.45, 2.75) is 73.2 Å². The van der Waals surface area contributed by atoms with Crippen LogP contribution in [0, 0.1) is 0 Å². The van der Waals surface area contributed by atoms with Crippen molar-refractivity contribution in [1.82, 2.24) is 15.0 Å². The fourth-order valence-electron chi connectivity index (χ4n) is 4.34. The van der Waals surface area contributed by atoms with Crippen molar-refractivity contribution in [3.8, 4) is 5.69 Å². The Labute approximate surface area is 199 Å². The van der Waals surface area contributed by atoms with Crippen molar-refractivity contribution in [1.29, 1.82) is 0 Å². The SMILES string of the molecule is CO[C@@H]1O[C@H](C[Se]C[C@H]2O[C@H](c3cn(-c4ccccc4)nn3)C=C[C@@H]2O)[C@H]2OC(C)(C)O[C@@H]12. The van der Waals surface area contributed by atoms with Gasteiger partial charge in [-0.1, -0.05) is 0 Å². The van der Waals surface area contributed by atoms with E-state index in [1.54, 1.807) is 17.9 Å². The molecule has 0 amide bonds. The van der Waals surface area contributed by atoms with Crippen LogP contribution in [0.5, 0.6) is 0 Å². The third-order valence-corrected chi connectivity index (χ3v) is 8.28. The minimum atomic E-state index is -0.652. The zero-order chi connectivity index (χ0) is 23.0. The average molecular weight is 522 g/mol. The molecule has 1 aromatic heterocycles. The molecule has 178 valence electrons. The predicted octanol–water partition coefficient (Wildman–Crippen LogP) is 2.06. The van der Waals surface area contributed by atoms with E-state index in [1.165, 1.54) is 0 Å². The van der Waals surface area contributed by atoms with Gasteiger partial charge >= 0.3 is 199 Å².